The zero-order chi connectivity index (χ0) is 40.4. The van der Waals surface area contributed by atoms with E-state index >= 15 is 0 Å². The molecule has 302 valence electrons. The molecule has 0 aromatic heterocycles. The normalized spacial score (nSPS) is 19.8. The molecule has 6 aromatic carbocycles. The second-order valence-electron chi connectivity index (χ2n) is 15.4. The fraction of sp³-hybridized carbons (Fsp3) is 0.260. The first-order valence-corrected chi connectivity index (χ1v) is 20.5. The molecule has 6 aromatic rings. The second-order valence-corrected chi connectivity index (χ2v) is 15.4. The first kappa shape index (κ1) is 40.0. The average Bonchev–Trinajstić information content (AvgIpc) is 3.28. The average molecular weight is 789 g/mol. The summed E-state index contributed by atoms with van der Waals surface area (Å²) < 4.78 is 19.5. The molecule has 59 heavy (non-hydrogen) atoms. The lowest BCUT2D eigenvalue weighted by Gasteiger charge is -2.44. The third-order valence-electron chi connectivity index (χ3n) is 11.3. The molecule has 2 heterocycles. The Balaban J connectivity index is 0.914. The quantitative estimate of drug-likeness (QED) is 0.107. The van der Waals surface area contributed by atoms with Crippen molar-refractivity contribution in [1.82, 2.24) is 15.1 Å². The highest BCUT2D eigenvalue weighted by atomic mass is 16.7. The van der Waals surface area contributed by atoms with E-state index in [1.807, 2.05) is 84.9 Å². The van der Waals surface area contributed by atoms with Crippen LogP contribution in [0.5, 0.6) is 11.5 Å². The number of ether oxygens (including phenoxy) is 3. The van der Waals surface area contributed by atoms with Gasteiger partial charge in [-0.05, 0) is 69.8 Å². The van der Waals surface area contributed by atoms with Crippen molar-refractivity contribution in [1.29, 1.82) is 0 Å². The number of piperazine rings is 1. The van der Waals surface area contributed by atoms with Gasteiger partial charge in [0, 0.05) is 63.0 Å². The van der Waals surface area contributed by atoms with Gasteiger partial charge in [-0.15, -0.1) is 0 Å². The van der Waals surface area contributed by atoms with Gasteiger partial charge in [-0.1, -0.05) is 128 Å². The minimum absolute atomic E-state index is 0.00515. The van der Waals surface area contributed by atoms with E-state index in [0.29, 0.717) is 18.0 Å². The maximum absolute atomic E-state index is 13.0. The predicted molar refractivity (Wildman–Crippen MR) is 232 cm³/mol. The Hall–Kier alpha value is -5.81. The first-order valence-electron chi connectivity index (χ1n) is 20.5. The summed E-state index contributed by atoms with van der Waals surface area (Å²) in [7, 11) is 0. The topological polar surface area (TPSA) is 95.5 Å². The van der Waals surface area contributed by atoms with Crippen molar-refractivity contribution in [2.75, 3.05) is 38.0 Å². The number of amides is 2. The molecule has 2 fully saturated rings. The van der Waals surface area contributed by atoms with Crippen LogP contribution in [0.2, 0.25) is 0 Å². The van der Waals surface area contributed by atoms with Crippen LogP contribution in [-0.2, 0) is 29.2 Å². The molecule has 9 heteroatoms. The van der Waals surface area contributed by atoms with Gasteiger partial charge in [0.1, 0.15) is 11.5 Å². The van der Waals surface area contributed by atoms with Crippen molar-refractivity contribution < 1.29 is 24.1 Å². The van der Waals surface area contributed by atoms with Crippen LogP contribution in [0, 0.1) is 5.92 Å². The Labute approximate surface area is 347 Å². The number of rotatable bonds is 13. The van der Waals surface area contributed by atoms with Crippen LogP contribution in [0.15, 0.2) is 158 Å². The molecule has 9 nitrogen and oxygen atoms in total. The van der Waals surface area contributed by atoms with E-state index in [2.05, 4.69) is 100 Å². The fourth-order valence-corrected chi connectivity index (χ4v) is 7.91. The van der Waals surface area contributed by atoms with Gasteiger partial charge in [0.15, 0.2) is 6.29 Å². The van der Waals surface area contributed by atoms with Crippen molar-refractivity contribution >= 4 is 11.7 Å². The van der Waals surface area contributed by atoms with Gasteiger partial charge in [-0.25, -0.2) is 4.79 Å². The summed E-state index contributed by atoms with van der Waals surface area (Å²) in [5.74, 6) is 1.55. The van der Waals surface area contributed by atoms with E-state index in [9.17, 15) is 9.90 Å². The van der Waals surface area contributed by atoms with Gasteiger partial charge in [0.05, 0.1) is 18.8 Å². The zero-order valence-corrected chi connectivity index (χ0v) is 33.5. The molecule has 2 saturated heterocycles. The van der Waals surface area contributed by atoms with Crippen LogP contribution in [0.25, 0.3) is 11.1 Å². The molecular weight excluding hydrogens is 737 g/mol. The Morgan fingerprint density at radius 3 is 2.02 bits per heavy atom. The first-order chi connectivity index (χ1) is 29.0. The van der Waals surface area contributed by atoms with Crippen molar-refractivity contribution in [2.24, 2.45) is 5.92 Å². The van der Waals surface area contributed by atoms with E-state index in [1.165, 1.54) is 5.56 Å². The van der Waals surface area contributed by atoms with Gasteiger partial charge < -0.3 is 30.0 Å². The monoisotopic (exact) mass is 788 g/mol. The number of nitrogens with one attached hydrogen (secondary N) is 2. The number of nitrogens with zero attached hydrogens (tertiary/aromatic N) is 2. The SMILES string of the molecule is CC1C(CN2CCN(Cc3ccccc3)CC2)OC(c2ccc(-c3ccccc3CNC(=O)Nc3ccc(Oc4ccccc4)cc3)cc2)OC1c1ccc(CO)cc1. The summed E-state index contributed by atoms with van der Waals surface area (Å²) in [6.07, 6.45) is -0.772. The molecule has 0 bridgehead atoms. The Kier molecular flexibility index (Phi) is 13.1. The molecule has 4 atom stereocenters. The molecule has 2 amide bonds. The van der Waals surface area contributed by atoms with Crippen molar-refractivity contribution in [2.45, 2.75) is 45.1 Å². The lowest BCUT2D eigenvalue weighted by atomic mass is 9.89. The maximum atomic E-state index is 13.0. The van der Waals surface area contributed by atoms with Gasteiger partial charge in [-0.2, -0.15) is 0 Å². The van der Waals surface area contributed by atoms with Crippen LogP contribution in [0.1, 0.15) is 47.1 Å². The standard InChI is InChI=1S/C50H52N4O5/c1-36-47(34-54-30-28-53(29-31-54)33-37-10-4-2-5-11-37)58-49(59-48(36)40-18-16-38(35-55)17-19-40)41-22-20-39(21-23-41)46-15-9-8-12-42(46)32-51-50(56)52-43-24-26-45(27-25-43)57-44-13-6-3-7-14-44/h2-27,36,47-49,55H,28-35H2,1H3,(H2,51,52,56). The van der Waals surface area contributed by atoms with Crippen LogP contribution < -0.4 is 15.4 Å². The highest BCUT2D eigenvalue weighted by molar-refractivity contribution is 5.89. The Morgan fingerprint density at radius 2 is 1.31 bits per heavy atom. The lowest BCUT2D eigenvalue weighted by molar-refractivity contribution is -0.276. The number of hydrogen-bond donors (Lipinski definition) is 3. The lowest BCUT2D eigenvalue weighted by Crippen LogP contribution is -2.51. The number of anilines is 1. The number of carbonyl (C=O) groups is 1. The molecular formula is C50H52N4O5. The van der Waals surface area contributed by atoms with Crippen molar-refractivity contribution in [3.05, 3.63) is 186 Å². The molecule has 3 N–H and O–H groups in total. The number of aliphatic hydroxyl groups is 1. The van der Waals surface area contributed by atoms with Gasteiger partial charge in [0.25, 0.3) is 0 Å². The number of benzene rings is 6. The van der Waals surface area contributed by atoms with Gasteiger partial charge >= 0.3 is 6.03 Å². The van der Waals surface area contributed by atoms with Crippen LogP contribution >= 0.6 is 0 Å². The van der Waals surface area contributed by atoms with Crippen LogP contribution in [0.3, 0.4) is 0 Å². The largest absolute Gasteiger partial charge is 0.457 e. The Bertz CT molecular complexity index is 2230. The van der Waals surface area contributed by atoms with E-state index in [0.717, 1.165) is 78.4 Å². The second kappa shape index (κ2) is 19.3. The molecule has 2 aliphatic rings. The zero-order valence-electron chi connectivity index (χ0n) is 33.5. The number of aliphatic hydroxyl groups excluding tert-OH is 1. The highest BCUT2D eigenvalue weighted by Crippen LogP contribution is 2.42. The summed E-state index contributed by atoms with van der Waals surface area (Å²) in [6, 6.07) is 51.9. The predicted octanol–water partition coefficient (Wildman–Crippen LogP) is 9.57. The molecule has 0 spiro atoms. The highest BCUT2D eigenvalue weighted by Gasteiger charge is 2.39. The van der Waals surface area contributed by atoms with Gasteiger partial charge in [0.2, 0.25) is 0 Å². The number of hydrogen-bond acceptors (Lipinski definition) is 7. The Morgan fingerprint density at radius 1 is 0.678 bits per heavy atom. The summed E-state index contributed by atoms with van der Waals surface area (Å²) >= 11 is 0. The molecule has 0 radical (unpaired) electrons. The minimum atomic E-state index is -0.549. The van der Waals surface area contributed by atoms with Gasteiger partial charge in [-0.3, -0.25) is 9.80 Å². The third-order valence-corrected chi connectivity index (χ3v) is 11.3. The van der Waals surface area contributed by atoms with E-state index in [-0.39, 0.29) is 30.8 Å². The summed E-state index contributed by atoms with van der Waals surface area (Å²) in [6.45, 7) is 8.40. The number of para-hydroxylation sites is 1. The smallest absolute Gasteiger partial charge is 0.319 e. The maximum Gasteiger partial charge on any atom is 0.319 e. The van der Waals surface area contributed by atoms with Crippen LogP contribution in [0.4, 0.5) is 10.5 Å². The fourth-order valence-electron chi connectivity index (χ4n) is 7.91. The number of carbonyl (C=O) groups excluding carboxylic acids is 1. The molecule has 2 aliphatic heterocycles. The van der Waals surface area contributed by atoms with Crippen LogP contribution in [-0.4, -0.2) is 59.8 Å². The molecule has 4 unspecified atom stereocenters. The summed E-state index contributed by atoms with van der Waals surface area (Å²) in [5.41, 5.74) is 7.99. The van der Waals surface area contributed by atoms with E-state index < -0.39 is 6.29 Å². The summed E-state index contributed by atoms with van der Waals surface area (Å²) in [5, 5.41) is 15.6. The van der Waals surface area contributed by atoms with Crippen molar-refractivity contribution in [3.8, 4) is 22.6 Å². The third kappa shape index (κ3) is 10.4. The molecule has 0 saturated carbocycles. The molecule has 0 aliphatic carbocycles. The van der Waals surface area contributed by atoms with Crippen molar-refractivity contribution in [3.63, 3.8) is 0 Å². The summed E-state index contributed by atoms with van der Waals surface area (Å²) in [4.78, 5) is 18.0. The van der Waals surface area contributed by atoms with E-state index in [1.54, 1.807) is 0 Å². The molecule has 8 rings (SSSR count). The number of urea groups is 1. The van der Waals surface area contributed by atoms with E-state index in [4.69, 9.17) is 14.2 Å². The minimum Gasteiger partial charge on any atom is -0.457 e.